The molecule has 0 radical (unpaired) electrons. The Hall–Kier alpha value is -3.50. The monoisotopic (exact) mass is 455 g/mol. The van der Waals surface area contributed by atoms with Gasteiger partial charge in [-0.3, -0.25) is 9.59 Å². The minimum atomic E-state index is -0.770. The molecule has 0 aromatic heterocycles. The Morgan fingerprint density at radius 3 is 2.50 bits per heavy atom. The number of amides is 2. The van der Waals surface area contributed by atoms with Crippen molar-refractivity contribution in [1.82, 2.24) is 10.7 Å². The lowest BCUT2D eigenvalue weighted by atomic mass is 10.0. The summed E-state index contributed by atoms with van der Waals surface area (Å²) < 4.78 is 11.0. The van der Waals surface area contributed by atoms with Crippen LogP contribution < -0.4 is 20.2 Å². The van der Waals surface area contributed by atoms with Crippen molar-refractivity contribution in [2.45, 2.75) is 26.8 Å². The molecule has 0 aliphatic carbocycles. The smallest absolute Gasteiger partial charge is 0.262 e. The molecule has 2 aromatic carbocycles. The average Bonchev–Trinajstić information content (AvgIpc) is 2.77. The van der Waals surface area contributed by atoms with Gasteiger partial charge in [0, 0.05) is 10.6 Å². The van der Waals surface area contributed by atoms with Crippen molar-refractivity contribution in [2.24, 2.45) is 11.0 Å². The number of hydrogen-bond acceptors (Lipinski definition) is 5. The van der Waals surface area contributed by atoms with Gasteiger partial charge < -0.3 is 14.8 Å². The van der Waals surface area contributed by atoms with Crippen LogP contribution in [0.5, 0.6) is 11.5 Å². The average molecular weight is 456 g/mol. The van der Waals surface area contributed by atoms with Gasteiger partial charge in [0.05, 0.1) is 12.8 Å². The zero-order valence-corrected chi connectivity index (χ0v) is 19.0. The van der Waals surface area contributed by atoms with Gasteiger partial charge in [0.25, 0.3) is 11.8 Å². The van der Waals surface area contributed by atoms with Crippen LogP contribution in [0, 0.1) is 18.3 Å². The minimum absolute atomic E-state index is 0.127. The van der Waals surface area contributed by atoms with Gasteiger partial charge in [0.15, 0.2) is 11.5 Å². The third-order valence-corrected chi connectivity index (χ3v) is 4.56. The molecule has 7 nitrogen and oxygen atoms in total. The standard InChI is InChI=1S/C24H26ClN3O4/c1-5-13-32-20-12-7-17(14-21(20)31-6-2)15-26-28-24(30)22(16(3)4)27-23(29)18-8-10-19(25)11-9-18/h1,7-12,14-16,22H,6,13H2,2-4H3,(H,27,29)(H,28,30)/b26-15-. The van der Waals surface area contributed by atoms with Gasteiger partial charge in [-0.1, -0.05) is 31.4 Å². The second-order valence-corrected chi connectivity index (χ2v) is 7.50. The topological polar surface area (TPSA) is 89.0 Å². The lowest BCUT2D eigenvalue weighted by Gasteiger charge is -2.20. The van der Waals surface area contributed by atoms with Crippen molar-refractivity contribution in [3.05, 3.63) is 58.6 Å². The molecular weight excluding hydrogens is 430 g/mol. The van der Waals surface area contributed by atoms with Crippen LogP contribution in [0.2, 0.25) is 5.02 Å². The third kappa shape index (κ3) is 7.33. The van der Waals surface area contributed by atoms with E-state index in [9.17, 15) is 9.59 Å². The van der Waals surface area contributed by atoms with Gasteiger partial charge in [-0.05, 0) is 60.9 Å². The Kier molecular flexibility index (Phi) is 9.58. The number of terminal acetylenes is 1. The number of nitrogens with zero attached hydrogens (tertiary/aromatic N) is 1. The summed E-state index contributed by atoms with van der Waals surface area (Å²) in [6.45, 7) is 6.10. The van der Waals surface area contributed by atoms with Crippen LogP contribution in [0.3, 0.4) is 0 Å². The number of rotatable bonds is 10. The van der Waals surface area contributed by atoms with E-state index in [1.54, 1.807) is 42.5 Å². The Labute approximate surface area is 193 Å². The molecule has 2 rings (SSSR count). The number of halogens is 1. The highest BCUT2D eigenvalue weighted by molar-refractivity contribution is 6.30. The summed E-state index contributed by atoms with van der Waals surface area (Å²) in [4.78, 5) is 25.1. The Morgan fingerprint density at radius 1 is 1.16 bits per heavy atom. The second-order valence-electron chi connectivity index (χ2n) is 7.07. The summed E-state index contributed by atoms with van der Waals surface area (Å²) in [5.74, 6) is 2.49. The zero-order valence-electron chi connectivity index (χ0n) is 18.2. The molecule has 0 fully saturated rings. The maximum Gasteiger partial charge on any atom is 0.262 e. The number of carbonyl (C=O) groups excluding carboxylic acids is 2. The highest BCUT2D eigenvalue weighted by atomic mass is 35.5. The van der Waals surface area contributed by atoms with Gasteiger partial charge in [-0.2, -0.15) is 5.10 Å². The maximum absolute atomic E-state index is 12.6. The van der Waals surface area contributed by atoms with Crippen molar-refractivity contribution in [3.8, 4) is 23.8 Å². The predicted octanol–water partition coefficient (Wildman–Crippen LogP) is 3.66. The largest absolute Gasteiger partial charge is 0.490 e. The van der Waals surface area contributed by atoms with E-state index < -0.39 is 11.9 Å². The molecule has 32 heavy (non-hydrogen) atoms. The fraction of sp³-hybridized carbons (Fsp3) is 0.292. The molecular formula is C24H26ClN3O4. The number of benzene rings is 2. The Balaban J connectivity index is 2.04. The fourth-order valence-electron chi connectivity index (χ4n) is 2.71. The lowest BCUT2D eigenvalue weighted by Crippen LogP contribution is -2.48. The maximum atomic E-state index is 12.6. The molecule has 0 bridgehead atoms. The minimum Gasteiger partial charge on any atom is -0.490 e. The van der Waals surface area contributed by atoms with E-state index >= 15 is 0 Å². The fourth-order valence-corrected chi connectivity index (χ4v) is 2.84. The van der Waals surface area contributed by atoms with Crippen molar-refractivity contribution < 1.29 is 19.1 Å². The number of nitrogens with one attached hydrogen (secondary N) is 2. The van der Waals surface area contributed by atoms with Crippen LogP contribution in [-0.4, -0.2) is 37.3 Å². The molecule has 0 spiro atoms. The molecule has 2 N–H and O–H groups in total. The first kappa shape index (κ1) is 24.8. The molecule has 0 saturated carbocycles. The van der Waals surface area contributed by atoms with E-state index in [-0.39, 0.29) is 18.4 Å². The molecule has 2 aromatic rings. The van der Waals surface area contributed by atoms with Crippen LogP contribution in [0.15, 0.2) is 47.6 Å². The molecule has 8 heteroatoms. The summed E-state index contributed by atoms with van der Waals surface area (Å²) in [5.41, 5.74) is 3.57. The summed E-state index contributed by atoms with van der Waals surface area (Å²) in [5, 5.41) is 7.27. The van der Waals surface area contributed by atoms with Crippen LogP contribution in [-0.2, 0) is 4.79 Å². The molecule has 0 aliphatic rings. The van der Waals surface area contributed by atoms with Crippen LogP contribution in [0.25, 0.3) is 0 Å². The number of hydrogen-bond donors (Lipinski definition) is 2. The van der Waals surface area contributed by atoms with Gasteiger partial charge >= 0.3 is 0 Å². The predicted molar refractivity (Wildman–Crippen MR) is 125 cm³/mol. The van der Waals surface area contributed by atoms with Crippen LogP contribution >= 0.6 is 11.6 Å². The molecule has 1 unspecified atom stereocenters. The normalized spacial score (nSPS) is 11.6. The molecule has 0 aliphatic heterocycles. The zero-order chi connectivity index (χ0) is 23.5. The molecule has 0 heterocycles. The van der Waals surface area contributed by atoms with Gasteiger partial charge in [-0.15, -0.1) is 6.42 Å². The van der Waals surface area contributed by atoms with Crippen molar-refractivity contribution in [2.75, 3.05) is 13.2 Å². The Bertz CT molecular complexity index is 997. The van der Waals surface area contributed by atoms with Crippen LogP contribution in [0.4, 0.5) is 0 Å². The van der Waals surface area contributed by atoms with Crippen molar-refractivity contribution in [3.63, 3.8) is 0 Å². The van der Waals surface area contributed by atoms with Gasteiger partial charge in [0.1, 0.15) is 12.6 Å². The first-order valence-electron chi connectivity index (χ1n) is 10.1. The van der Waals surface area contributed by atoms with E-state index in [1.165, 1.54) is 6.21 Å². The highest BCUT2D eigenvalue weighted by Crippen LogP contribution is 2.28. The number of carbonyl (C=O) groups is 2. The molecule has 168 valence electrons. The van der Waals surface area contributed by atoms with Crippen molar-refractivity contribution in [1.29, 1.82) is 0 Å². The first-order chi connectivity index (χ1) is 15.3. The number of ether oxygens (including phenoxy) is 2. The van der Waals surface area contributed by atoms with Gasteiger partial charge in [-0.25, -0.2) is 5.43 Å². The summed E-state index contributed by atoms with van der Waals surface area (Å²) in [6.07, 6.45) is 6.71. The van der Waals surface area contributed by atoms with E-state index in [0.717, 1.165) is 0 Å². The summed E-state index contributed by atoms with van der Waals surface area (Å²) >= 11 is 5.85. The van der Waals surface area contributed by atoms with E-state index in [2.05, 4.69) is 21.8 Å². The SMILES string of the molecule is C#CCOc1ccc(/C=N\NC(=O)C(NC(=O)c2ccc(Cl)cc2)C(C)C)cc1OCC. The van der Waals surface area contributed by atoms with E-state index in [1.807, 2.05) is 20.8 Å². The highest BCUT2D eigenvalue weighted by Gasteiger charge is 2.24. The van der Waals surface area contributed by atoms with Crippen LogP contribution in [0.1, 0.15) is 36.7 Å². The van der Waals surface area contributed by atoms with Gasteiger partial charge in [0.2, 0.25) is 0 Å². The van der Waals surface area contributed by atoms with E-state index in [0.29, 0.717) is 34.3 Å². The quantitative estimate of drug-likeness (QED) is 0.325. The third-order valence-electron chi connectivity index (χ3n) is 4.31. The summed E-state index contributed by atoms with van der Waals surface area (Å²) in [6, 6.07) is 10.9. The van der Waals surface area contributed by atoms with Crippen molar-refractivity contribution >= 4 is 29.6 Å². The first-order valence-corrected chi connectivity index (χ1v) is 10.5. The second kappa shape index (κ2) is 12.4. The lowest BCUT2D eigenvalue weighted by molar-refractivity contribution is -0.123. The molecule has 0 saturated heterocycles. The molecule has 1 atom stereocenters. The Morgan fingerprint density at radius 2 is 1.88 bits per heavy atom. The summed E-state index contributed by atoms with van der Waals surface area (Å²) in [7, 11) is 0. The number of hydrazone groups is 1. The molecule has 2 amide bonds. The van der Waals surface area contributed by atoms with E-state index in [4.69, 9.17) is 27.5 Å².